The van der Waals surface area contributed by atoms with E-state index in [1.165, 1.54) is 22.3 Å². The molecule has 0 amide bonds. The molecule has 0 unspecified atom stereocenters. The van der Waals surface area contributed by atoms with Gasteiger partial charge in [-0.2, -0.15) is 0 Å². The van der Waals surface area contributed by atoms with Gasteiger partial charge in [0.25, 0.3) is 0 Å². The van der Waals surface area contributed by atoms with Crippen molar-refractivity contribution in [2.75, 3.05) is 0 Å². The fourth-order valence-corrected chi connectivity index (χ4v) is 2.94. The fraction of sp³-hybridized carbons (Fsp3) is 0. The topological polar surface area (TPSA) is 0 Å². The van der Waals surface area contributed by atoms with Gasteiger partial charge in [0, 0.05) is 0 Å². The molecule has 1 aliphatic rings. The molecule has 0 heterocycles. The standard InChI is InChI=1S/2C12H10.C6H6/c2*1-3-7-11(8-4-1)12-9-5-2-6-10-12;1-6-4-2-3-5-6/h2*1-10H;2-5H,1H2. The molecule has 0 aliphatic heterocycles. The van der Waals surface area contributed by atoms with E-state index in [-0.39, 0.29) is 0 Å². The highest BCUT2D eigenvalue weighted by Gasteiger charge is 1.92. The maximum absolute atomic E-state index is 3.68. The van der Waals surface area contributed by atoms with E-state index < -0.39 is 0 Å². The summed E-state index contributed by atoms with van der Waals surface area (Å²) >= 11 is 0. The molecule has 30 heavy (non-hydrogen) atoms. The van der Waals surface area contributed by atoms with Crippen molar-refractivity contribution in [1.29, 1.82) is 0 Å². The molecule has 0 radical (unpaired) electrons. The van der Waals surface area contributed by atoms with Gasteiger partial charge < -0.3 is 0 Å². The van der Waals surface area contributed by atoms with Gasteiger partial charge in [-0.15, -0.1) is 0 Å². The van der Waals surface area contributed by atoms with Crippen LogP contribution in [0, 0.1) is 0 Å². The maximum atomic E-state index is 3.68. The minimum atomic E-state index is 1.09. The molecular weight excluding hydrogens is 360 g/mol. The average Bonchev–Trinajstić information content (AvgIpc) is 3.33. The van der Waals surface area contributed by atoms with Crippen molar-refractivity contribution < 1.29 is 0 Å². The Morgan fingerprint density at radius 1 is 0.333 bits per heavy atom. The molecule has 0 saturated heterocycles. The van der Waals surface area contributed by atoms with Gasteiger partial charge in [0.1, 0.15) is 0 Å². The Balaban J connectivity index is 0.000000136. The van der Waals surface area contributed by atoms with Gasteiger partial charge in [-0.1, -0.05) is 152 Å². The van der Waals surface area contributed by atoms with E-state index in [1.807, 2.05) is 48.6 Å². The van der Waals surface area contributed by atoms with Crippen LogP contribution in [0.5, 0.6) is 0 Å². The molecule has 4 aromatic carbocycles. The Hall–Kier alpha value is -3.90. The molecular formula is C30H26. The number of hydrogen-bond donors (Lipinski definition) is 0. The summed E-state index contributed by atoms with van der Waals surface area (Å²) < 4.78 is 0. The van der Waals surface area contributed by atoms with Gasteiger partial charge in [0.2, 0.25) is 0 Å². The second kappa shape index (κ2) is 11.8. The Kier molecular flexibility index (Phi) is 8.21. The molecule has 0 heteroatoms. The zero-order valence-electron chi connectivity index (χ0n) is 17.1. The molecule has 0 atom stereocenters. The summed E-state index contributed by atoms with van der Waals surface area (Å²) in [5, 5.41) is 0. The van der Waals surface area contributed by atoms with Crippen molar-refractivity contribution in [1.82, 2.24) is 0 Å². The number of benzene rings is 4. The van der Waals surface area contributed by atoms with Crippen molar-refractivity contribution in [3.8, 4) is 22.3 Å². The maximum Gasteiger partial charge on any atom is -0.0184 e. The quantitative estimate of drug-likeness (QED) is 0.324. The average molecular weight is 387 g/mol. The number of rotatable bonds is 2. The normalized spacial score (nSPS) is 11.1. The van der Waals surface area contributed by atoms with Crippen LogP contribution in [0.2, 0.25) is 0 Å². The van der Waals surface area contributed by atoms with Crippen LogP contribution in [0.4, 0.5) is 0 Å². The minimum Gasteiger partial charge on any atom is -0.0918 e. The Morgan fingerprint density at radius 3 is 0.733 bits per heavy atom. The first kappa shape index (κ1) is 20.8. The van der Waals surface area contributed by atoms with E-state index in [0.717, 1.165) is 5.57 Å². The molecule has 0 bridgehead atoms. The monoisotopic (exact) mass is 386 g/mol. The predicted molar refractivity (Wildman–Crippen MR) is 131 cm³/mol. The molecule has 146 valence electrons. The minimum absolute atomic E-state index is 1.09. The van der Waals surface area contributed by atoms with Crippen molar-refractivity contribution in [3.05, 3.63) is 158 Å². The largest absolute Gasteiger partial charge is 0.0918 e. The Labute approximate surface area is 180 Å². The summed E-state index contributed by atoms with van der Waals surface area (Å²) in [7, 11) is 0. The van der Waals surface area contributed by atoms with E-state index >= 15 is 0 Å². The van der Waals surface area contributed by atoms with Gasteiger partial charge >= 0.3 is 0 Å². The van der Waals surface area contributed by atoms with Gasteiger partial charge in [-0.05, 0) is 27.8 Å². The lowest BCUT2D eigenvalue weighted by molar-refractivity contribution is 1.62. The molecule has 1 aliphatic carbocycles. The van der Waals surface area contributed by atoms with E-state index in [2.05, 4.69) is 104 Å². The van der Waals surface area contributed by atoms with Crippen LogP contribution >= 0.6 is 0 Å². The second-order valence-corrected chi connectivity index (χ2v) is 6.76. The Bertz CT molecular complexity index is 894. The summed E-state index contributed by atoms with van der Waals surface area (Å²) in [6, 6.07) is 41.6. The van der Waals surface area contributed by atoms with E-state index in [0.29, 0.717) is 0 Å². The lowest BCUT2D eigenvalue weighted by Crippen LogP contribution is -1.73. The van der Waals surface area contributed by atoms with Gasteiger partial charge in [-0.25, -0.2) is 0 Å². The SMILES string of the molecule is C=C1C=CC=C1.c1ccc(-c2ccccc2)cc1.c1ccc(-c2ccccc2)cc1. The third-order valence-corrected chi connectivity index (χ3v) is 4.49. The highest BCUT2D eigenvalue weighted by atomic mass is 14.0. The molecule has 5 rings (SSSR count). The summed E-state index contributed by atoms with van der Waals surface area (Å²) in [6.45, 7) is 3.68. The zero-order chi connectivity index (χ0) is 20.9. The van der Waals surface area contributed by atoms with Crippen LogP contribution in [-0.4, -0.2) is 0 Å². The van der Waals surface area contributed by atoms with Crippen LogP contribution in [0.15, 0.2) is 158 Å². The van der Waals surface area contributed by atoms with E-state index in [1.54, 1.807) is 0 Å². The first-order valence-corrected chi connectivity index (χ1v) is 10.1. The summed E-state index contributed by atoms with van der Waals surface area (Å²) in [5.41, 5.74) is 6.20. The highest BCUT2D eigenvalue weighted by Crippen LogP contribution is 2.18. The second-order valence-electron chi connectivity index (χ2n) is 6.76. The first-order chi connectivity index (χ1) is 14.8. The summed E-state index contributed by atoms with van der Waals surface area (Å²) in [5.74, 6) is 0. The number of allylic oxidation sites excluding steroid dienone is 5. The third kappa shape index (κ3) is 6.92. The molecule has 0 nitrogen and oxygen atoms in total. The van der Waals surface area contributed by atoms with Crippen molar-refractivity contribution in [2.24, 2.45) is 0 Å². The van der Waals surface area contributed by atoms with Gasteiger partial charge in [0.05, 0.1) is 0 Å². The molecule has 0 saturated carbocycles. The first-order valence-electron chi connectivity index (χ1n) is 10.1. The summed E-state index contributed by atoms with van der Waals surface area (Å²) in [4.78, 5) is 0. The molecule has 0 N–H and O–H groups in total. The van der Waals surface area contributed by atoms with Crippen LogP contribution < -0.4 is 0 Å². The lowest BCUT2D eigenvalue weighted by atomic mass is 10.1. The van der Waals surface area contributed by atoms with E-state index in [4.69, 9.17) is 0 Å². The molecule has 0 fully saturated rings. The highest BCUT2D eigenvalue weighted by molar-refractivity contribution is 5.63. The fourth-order valence-electron chi connectivity index (χ4n) is 2.94. The van der Waals surface area contributed by atoms with Gasteiger partial charge in [0.15, 0.2) is 0 Å². The van der Waals surface area contributed by atoms with Crippen LogP contribution in [0.25, 0.3) is 22.3 Å². The molecule has 4 aromatic rings. The lowest BCUT2D eigenvalue weighted by Gasteiger charge is -1.98. The van der Waals surface area contributed by atoms with Gasteiger partial charge in [-0.3, -0.25) is 0 Å². The third-order valence-electron chi connectivity index (χ3n) is 4.49. The zero-order valence-corrected chi connectivity index (χ0v) is 17.1. The number of hydrogen-bond acceptors (Lipinski definition) is 0. The van der Waals surface area contributed by atoms with Crippen LogP contribution in [0.3, 0.4) is 0 Å². The van der Waals surface area contributed by atoms with Crippen LogP contribution in [0.1, 0.15) is 0 Å². The van der Waals surface area contributed by atoms with Crippen molar-refractivity contribution >= 4 is 0 Å². The predicted octanol–water partition coefficient (Wildman–Crippen LogP) is 8.38. The smallest absolute Gasteiger partial charge is 0.0184 e. The molecule has 0 aromatic heterocycles. The Morgan fingerprint density at radius 2 is 0.567 bits per heavy atom. The van der Waals surface area contributed by atoms with E-state index in [9.17, 15) is 0 Å². The summed E-state index contributed by atoms with van der Waals surface area (Å²) in [6.07, 6.45) is 7.89. The van der Waals surface area contributed by atoms with Crippen molar-refractivity contribution in [3.63, 3.8) is 0 Å². The molecule has 0 spiro atoms. The van der Waals surface area contributed by atoms with Crippen molar-refractivity contribution in [2.45, 2.75) is 0 Å². The van der Waals surface area contributed by atoms with Crippen LogP contribution in [-0.2, 0) is 0 Å².